The number of likely N-dealkylation sites (tertiary alicyclic amines) is 1. The zero-order valence-electron chi connectivity index (χ0n) is 27.0. The number of aromatic nitrogens is 2. The van der Waals surface area contributed by atoms with E-state index in [1.807, 2.05) is 66.4 Å². The Kier molecular flexibility index (Phi) is 9.99. The number of aryl methyl sites for hydroxylation is 1. The molecule has 3 aromatic carbocycles. The Bertz CT molecular complexity index is 1660. The van der Waals surface area contributed by atoms with E-state index in [9.17, 15) is 18.8 Å². The Morgan fingerprint density at radius 2 is 1.52 bits per heavy atom. The summed E-state index contributed by atoms with van der Waals surface area (Å²) < 4.78 is 14.9. The van der Waals surface area contributed by atoms with Crippen LogP contribution in [0.1, 0.15) is 73.6 Å². The summed E-state index contributed by atoms with van der Waals surface area (Å²) in [5.41, 5.74) is 5.00. The van der Waals surface area contributed by atoms with Crippen LogP contribution in [-0.4, -0.2) is 45.5 Å². The first-order valence-electron chi connectivity index (χ1n) is 15.9. The van der Waals surface area contributed by atoms with Crippen molar-refractivity contribution < 1.29 is 18.8 Å². The van der Waals surface area contributed by atoms with Crippen LogP contribution in [0.3, 0.4) is 0 Å². The molecule has 4 aromatic rings. The molecule has 46 heavy (non-hydrogen) atoms. The van der Waals surface area contributed by atoms with Crippen molar-refractivity contribution >= 4 is 29.2 Å². The van der Waals surface area contributed by atoms with E-state index in [0.29, 0.717) is 36.1 Å². The SMILES string of the molecule is Cc1ccc(-n2nc(C(C)(C)C)cc2NC(=O)Nc2ccc(CC3CCN(C(=O)CCC(=O)c4ccc(F)cc4)CC3)cc2)cc1. The number of halogens is 1. The standard InChI is InChI=1S/C37H42FN5O3/c1-25-5-15-31(16-6-25)43-34(24-33(41-43)37(2,3)4)40-36(46)39-30-13-7-26(8-14-30)23-27-19-21-42(22-20-27)35(45)18-17-32(44)28-9-11-29(38)12-10-28/h5-16,24,27H,17-23H2,1-4H3,(H2,39,40,46). The van der Waals surface area contributed by atoms with Crippen LogP contribution in [0.25, 0.3) is 5.69 Å². The van der Waals surface area contributed by atoms with E-state index in [0.717, 1.165) is 36.2 Å². The number of carbonyl (C=O) groups excluding carboxylic acids is 3. The highest BCUT2D eigenvalue weighted by atomic mass is 19.1. The number of hydrogen-bond acceptors (Lipinski definition) is 4. The first kappa shape index (κ1) is 32.6. The van der Waals surface area contributed by atoms with Crippen LogP contribution in [0.5, 0.6) is 0 Å². The van der Waals surface area contributed by atoms with Crippen molar-refractivity contribution in [2.24, 2.45) is 5.92 Å². The van der Waals surface area contributed by atoms with Crippen molar-refractivity contribution in [1.82, 2.24) is 14.7 Å². The molecule has 0 aliphatic carbocycles. The third-order valence-electron chi connectivity index (χ3n) is 8.43. The fourth-order valence-electron chi connectivity index (χ4n) is 5.60. The van der Waals surface area contributed by atoms with Gasteiger partial charge in [-0.1, -0.05) is 50.6 Å². The lowest BCUT2D eigenvalue weighted by Crippen LogP contribution is -2.39. The van der Waals surface area contributed by atoms with Crippen molar-refractivity contribution in [2.45, 2.75) is 65.2 Å². The van der Waals surface area contributed by atoms with E-state index < -0.39 is 0 Å². The Hall–Kier alpha value is -4.79. The number of piperidine rings is 1. The fourth-order valence-corrected chi connectivity index (χ4v) is 5.60. The number of urea groups is 1. The topological polar surface area (TPSA) is 96.3 Å². The summed E-state index contributed by atoms with van der Waals surface area (Å²) in [6.07, 6.45) is 2.96. The molecule has 1 saturated heterocycles. The highest BCUT2D eigenvalue weighted by Crippen LogP contribution is 2.27. The molecule has 1 fully saturated rings. The Morgan fingerprint density at radius 3 is 2.15 bits per heavy atom. The maximum atomic E-state index is 13.1. The van der Waals surface area contributed by atoms with Gasteiger partial charge in [-0.05, 0) is 86.2 Å². The Balaban J connectivity index is 1.10. The van der Waals surface area contributed by atoms with Crippen LogP contribution in [-0.2, 0) is 16.6 Å². The number of Topliss-reactive ketones (excluding diaryl/α,β-unsaturated/α-hetero) is 1. The van der Waals surface area contributed by atoms with Gasteiger partial charge in [0.05, 0.1) is 11.4 Å². The number of hydrogen-bond donors (Lipinski definition) is 2. The lowest BCUT2D eigenvalue weighted by molar-refractivity contribution is -0.132. The number of carbonyl (C=O) groups is 3. The molecule has 1 aliphatic heterocycles. The highest BCUT2D eigenvalue weighted by molar-refractivity contribution is 5.99. The molecule has 0 saturated carbocycles. The van der Waals surface area contributed by atoms with Gasteiger partial charge in [0.15, 0.2) is 5.78 Å². The van der Waals surface area contributed by atoms with Gasteiger partial charge in [0.25, 0.3) is 0 Å². The molecule has 1 aromatic heterocycles. The van der Waals surface area contributed by atoms with Gasteiger partial charge in [-0.15, -0.1) is 0 Å². The van der Waals surface area contributed by atoms with E-state index in [-0.39, 0.29) is 41.8 Å². The average Bonchev–Trinajstić information content (AvgIpc) is 3.46. The molecule has 0 unspecified atom stereocenters. The number of rotatable bonds is 9. The van der Waals surface area contributed by atoms with Gasteiger partial charge in [0.2, 0.25) is 5.91 Å². The molecule has 0 atom stereocenters. The summed E-state index contributed by atoms with van der Waals surface area (Å²) in [6.45, 7) is 9.64. The molecule has 9 heteroatoms. The largest absolute Gasteiger partial charge is 0.343 e. The van der Waals surface area contributed by atoms with Crippen LogP contribution in [0.15, 0.2) is 78.9 Å². The minimum Gasteiger partial charge on any atom is -0.343 e. The lowest BCUT2D eigenvalue weighted by atomic mass is 9.90. The third kappa shape index (κ3) is 8.47. The molecule has 0 radical (unpaired) electrons. The fraction of sp³-hybridized carbons (Fsp3) is 0.351. The lowest BCUT2D eigenvalue weighted by Gasteiger charge is -2.32. The maximum Gasteiger partial charge on any atom is 0.324 e. The number of ketones is 1. The molecular weight excluding hydrogens is 581 g/mol. The molecular formula is C37H42FN5O3. The minimum atomic E-state index is -0.389. The normalized spacial score (nSPS) is 13.8. The summed E-state index contributed by atoms with van der Waals surface area (Å²) in [5, 5.41) is 10.7. The molecule has 2 heterocycles. The van der Waals surface area contributed by atoms with Crippen LogP contribution in [0.4, 0.5) is 20.7 Å². The van der Waals surface area contributed by atoms with Crippen molar-refractivity contribution in [1.29, 1.82) is 0 Å². The summed E-state index contributed by atoms with van der Waals surface area (Å²) >= 11 is 0. The van der Waals surface area contributed by atoms with Gasteiger partial charge < -0.3 is 10.2 Å². The minimum absolute atomic E-state index is 0.0147. The van der Waals surface area contributed by atoms with Crippen LogP contribution in [0, 0.1) is 18.7 Å². The van der Waals surface area contributed by atoms with Gasteiger partial charge in [-0.25, -0.2) is 13.9 Å². The number of amides is 3. The van der Waals surface area contributed by atoms with E-state index in [1.165, 1.54) is 29.8 Å². The summed E-state index contributed by atoms with van der Waals surface area (Å²) in [5.74, 6) is 0.486. The molecule has 240 valence electrons. The van der Waals surface area contributed by atoms with Crippen molar-refractivity contribution in [3.05, 3.63) is 107 Å². The van der Waals surface area contributed by atoms with E-state index in [2.05, 4.69) is 31.4 Å². The van der Waals surface area contributed by atoms with Crippen LogP contribution in [0.2, 0.25) is 0 Å². The summed E-state index contributed by atoms with van der Waals surface area (Å²) in [6, 6.07) is 22.9. The van der Waals surface area contributed by atoms with Crippen molar-refractivity contribution in [3.8, 4) is 5.69 Å². The Morgan fingerprint density at radius 1 is 0.870 bits per heavy atom. The number of anilines is 2. The first-order chi connectivity index (χ1) is 21.9. The predicted octanol–water partition coefficient (Wildman–Crippen LogP) is 7.71. The zero-order valence-corrected chi connectivity index (χ0v) is 27.0. The molecule has 5 rings (SSSR count). The van der Waals surface area contributed by atoms with E-state index in [1.54, 1.807) is 4.68 Å². The van der Waals surface area contributed by atoms with Gasteiger partial charge in [-0.3, -0.25) is 14.9 Å². The smallest absolute Gasteiger partial charge is 0.324 e. The van der Waals surface area contributed by atoms with E-state index >= 15 is 0 Å². The number of nitrogens with one attached hydrogen (secondary N) is 2. The number of benzene rings is 3. The van der Waals surface area contributed by atoms with Gasteiger partial charge in [0, 0.05) is 48.7 Å². The quantitative estimate of drug-likeness (QED) is 0.187. The zero-order chi connectivity index (χ0) is 32.8. The average molecular weight is 624 g/mol. The van der Waals surface area contributed by atoms with Gasteiger partial charge >= 0.3 is 6.03 Å². The second-order valence-corrected chi connectivity index (χ2v) is 13.1. The van der Waals surface area contributed by atoms with Crippen molar-refractivity contribution in [3.63, 3.8) is 0 Å². The number of nitrogens with zero attached hydrogens (tertiary/aromatic N) is 3. The second-order valence-electron chi connectivity index (χ2n) is 13.1. The molecule has 8 nitrogen and oxygen atoms in total. The highest BCUT2D eigenvalue weighted by Gasteiger charge is 2.24. The maximum absolute atomic E-state index is 13.1. The molecule has 0 spiro atoms. The van der Waals surface area contributed by atoms with Crippen molar-refractivity contribution in [2.75, 3.05) is 23.7 Å². The predicted molar refractivity (Wildman–Crippen MR) is 179 cm³/mol. The van der Waals surface area contributed by atoms with Gasteiger partial charge in [0.1, 0.15) is 11.6 Å². The molecule has 3 amide bonds. The summed E-state index contributed by atoms with van der Waals surface area (Å²) in [4.78, 5) is 39.9. The molecule has 2 N–H and O–H groups in total. The van der Waals surface area contributed by atoms with E-state index in [4.69, 9.17) is 5.10 Å². The van der Waals surface area contributed by atoms with Crippen LogP contribution >= 0.6 is 0 Å². The first-order valence-corrected chi connectivity index (χ1v) is 15.9. The monoisotopic (exact) mass is 623 g/mol. The second kappa shape index (κ2) is 14.1. The molecule has 1 aliphatic rings. The van der Waals surface area contributed by atoms with Gasteiger partial charge in [-0.2, -0.15) is 5.10 Å². The third-order valence-corrected chi connectivity index (χ3v) is 8.43. The summed E-state index contributed by atoms with van der Waals surface area (Å²) in [7, 11) is 0. The van der Waals surface area contributed by atoms with Crippen LogP contribution < -0.4 is 10.6 Å². The Labute approximate surface area is 270 Å². The molecule has 0 bridgehead atoms.